The summed E-state index contributed by atoms with van der Waals surface area (Å²) in [6.07, 6.45) is -2.19. The molecule has 4 rings (SSSR count). The predicted octanol–water partition coefficient (Wildman–Crippen LogP) is 3.51. The van der Waals surface area contributed by atoms with Crippen molar-refractivity contribution in [1.29, 1.82) is 0 Å². The molecule has 2 aromatic heterocycles. The second-order valence-corrected chi connectivity index (χ2v) is 7.11. The summed E-state index contributed by atoms with van der Waals surface area (Å²) in [4.78, 5) is 13.1. The molecule has 0 atom stereocenters. The fraction of sp³-hybridized carbons (Fsp3) is 0.474. The maximum absolute atomic E-state index is 13.2. The third kappa shape index (κ3) is 3.70. The number of tetrazole rings is 1. The van der Waals surface area contributed by atoms with E-state index in [4.69, 9.17) is 4.74 Å². The van der Waals surface area contributed by atoms with Crippen molar-refractivity contribution in [1.82, 2.24) is 24.9 Å². The van der Waals surface area contributed by atoms with Gasteiger partial charge in [-0.2, -0.15) is 17.7 Å². The predicted molar refractivity (Wildman–Crippen MR) is 98.3 cm³/mol. The molecular formula is C19H20F3N5O2. The number of benzene rings is 1. The number of carbonyl (C=O) groups is 1. The van der Waals surface area contributed by atoms with Gasteiger partial charge in [0, 0.05) is 17.0 Å². The maximum atomic E-state index is 13.2. The summed E-state index contributed by atoms with van der Waals surface area (Å²) in [5, 5.41) is 12.3. The molecule has 0 saturated heterocycles. The largest absolute Gasteiger partial charge is 0.494 e. The molecule has 1 amide bonds. The first kappa shape index (κ1) is 19.4. The topological polar surface area (TPSA) is 72.6 Å². The second-order valence-electron chi connectivity index (χ2n) is 7.11. The van der Waals surface area contributed by atoms with Gasteiger partial charge in [-0.15, -0.1) is 5.10 Å². The Morgan fingerprint density at radius 3 is 2.72 bits per heavy atom. The molecule has 1 aliphatic rings. The van der Waals surface area contributed by atoms with Gasteiger partial charge in [0.2, 0.25) is 0 Å². The molecule has 154 valence electrons. The zero-order valence-electron chi connectivity index (χ0n) is 15.8. The molecule has 1 fully saturated rings. The molecule has 1 aliphatic carbocycles. The Balaban J connectivity index is 1.79. The van der Waals surface area contributed by atoms with Crippen molar-refractivity contribution in [3.63, 3.8) is 0 Å². The minimum Gasteiger partial charge on any atom is -0.494 e. The first-order valence-corrected chi connectivity index (χ1v) is 9.53. The summed E-state index contributed by atoms with van der Waals surface area (Å²) in [6.45, 7) is 2.14. The van der Waals surface area contributed by atoms with Crippen LogP contribution in [0.2, 0.25) is 0 Å². The highest BCUT2D eigenvalue weighted by atomic mass is 19.4. The van der Waals surface area contributed by atoms with Crippen LogP contribution in [0.4, 0.5) is 13.2 Å². The Labute approximate surface area is 164 Å². The Bertz CT molecular complexity index is 1040. The smallest absolute Gasteiger partial charge is 0.471 e. The quantitative estimate of drug-likeness (QED) is 0.647. The van der Waals surface area contributed by atoms with Crippen LogP contribution in [0.5, 0.6) is 5.75 Å². The summed E-state index contributed by atoms with van der Waals surface area (Å²) < 4.78 is 46.7. The highest BCUT2D eigenvalue weighted by molar-refractivity contribution is 5.85. The van der Waals surface area contributed by atoms with Gasteiger partial charge in [-0.1, -0.05) is 12.8 Å². The zero-order chi connectivity index (χ0) is 20.6. The number of carbonyl (C=O) groups excluding carboxylic acids is 1. The molecule has 0 aliphatic heterocycles. The second kappa shape index (κ2) is 7.49. The van der Waals surface area contributed by atoms with Crippen molar-refractivity contribution >= 4 is 22.5 Å². The van der Waals surface area contributed by atoms with Crippen LogP contribution in [0.15, 0.2) is 24.3 Å². The molecule has 10 heteroatoms. The van der Waals surface area contributed by atoms with Gasteiger partial charge in [0.05, 0.1) is 18.7 Å². The van der Waals surface area contributed by atoms with E-state index in [0.29, 0.717) is 41.9 Å². The zero-order valence-corrected chi connectivity index (χ0v) is 15.8. The normalized spacial score (nSPS) is 15.3. The van der Waals surface area contributed by atoms with Crippen molar-refractivity contribution in [3.05, 3.63) is 29.8 Å². The van der Waals surface area contributed by atoms with Crippen molar-refractivity contribution < 1.29 is 22.7 Å². The lowest BCUT2D eigenvalue weighted by Crippen LogP contribution is -2.45. The highest BCUT2D eigenvalue weighted by Gasteiger charge is 2.45. The molecule has 0 spiro atoms. The SMILES string of the molecule is CCOc1ccc2c(c1)cc(CN(C(=O)C(F)(F)F)C1CCCC1)c1nnnn12. The lowest BCUT2D eigenvalue weighted by atomic mass is 10.1. The molecule has 1 aromatic carbocycles. The molecule has 0 unspecified atom stereocenters. The Morgan fingerprint density at radius 2 is 2.03 bits per heavy atom. The number of halogens is 3. The first-order valence-electron chi connectivity index (χ1n) is 9.53. The van der Waals surface area contributed by atoms with Crippen LogP contribution >= 0.6 is 0 Å². The number of hydrogen-bond donors (Lipinski definition) is 0. The summed E-state index contributed by atoms with van der Waals surface area (Å²) >= 11 is 0. The van der Waals surface area contributed by atoms with E-state index in [9.17, 15) is 18.0 Å². The minimum atomic E-state index is -4.93. The number of aromatic nitrogens is 4. The summed E-state index contributed by atoms with van der Waals surface area (Å²) in [5.41, 5.74) is 1.49. The molecule has 0 N–H and O–H groups in total. The minimum absolute atomic E-state index is 0.207. The van der Waals surface area contributed by atoms with Crippen molar-refractivity contribution in [2.45, 2.75) is 51.4 Å². The van der Waals surface area contributed by atoms with Crippen LogP contribution in [0, 0.1) is 0 Å². The van der Waals surface area contributed by atoms with E-state index in [0.717, 1.165) is 23.1 Å². The van der Waals surface area contributed by atoms with E-state index < -0.39 is 18.1 Å². The molecule has 0 bridgehead atoms. The number of alkyl halides is 3. The van der Waals surface area contributed by atoms with Gasteiger partial charge < -0.3 is 9.64 Å². The average molecular weight is 407 g/mol. The number of ether oxygens (including phenoxy) is 1. The van der Waals surface area contributed by atoms with Crippen molar-refractivity contribution in [2.24, 2.45) is 0 Å². The van der Waals surface area contributed by atoms with Crippen molar-refractivity contribution in [3.8, 4) is 5.75 Å². The summed E-state index contributed by atoms with van der Waals surface area (Å²) in [5.74, 6) is -1.18. The van der Waals surface area contributed by atoms with Crippen LogP contribution in [-0.2, 0) is 11.3 Å². The lowest BCUT2D eigenvalue weighted by Gasteiger charge is -2.29. The number of nitrogens with zero attached hydrogens (tertiary/aromatic N) is 5. The lowest BCUT2D eigenvalue weighted by molar-refractivity contribution is -0.188. The first-order chi connectivity index (χ1) is 13.9. The van der Waals surface area contributed by atoms with Gasteiger partial charge >= 0.3 is 12.1 Å². The van der Waals surface area contributed by atoms with Gasteiger partial charge in [0.1, 0.15) is 5.75 Å². The molecule has 29 heavy (non-hydrogen) atoms. The average Bonchev–Trinajstić information content (AvgIpc) is 3.37. The fourth-order valence-electron chi connectivity index (χ4n) is 3.94. The van der Waals surface area contributed by atoms with Gasteiger partial charge in [0.25, 0.3) is 0 Å². The van der Waals surface area contributed by atoms with Crippen LogP contribution < -0.4 is 4.74 Å². The summed E-state index contributed by atoms with van der Waals surface area (Å²) in [6, 6.07) is 6.66. The molecule has 1 saturated carbocycles. The molecule has 7 nitrogen and oxygen atoms in total. The van der Waals surface area contributed by atoms with Crippen LogP contribution in [0.25, 0.3) is 16.6 Å². The molecule has 2 heterocycles. The van der Waals surface area contributed by atoms with Crippen LogP contribution in [0.3, 0.4) is 0 Å². The van der Waals surface area contributed by atoms with E-state index in [2.05, 4.69) is 15.5 Å². The number of pyridine rings is 1. The molecular weight excluding hydrogens is 387 g/mol. The maximum Gasteiger partial charge on any atom is 0.471 e. The van der Waals surface area contributed by atoms with Crippen LogP contribution in [0.1, 0.15) is 38.2 Å². The number of hydrogen-bond acceptors (Lipinski definition) is 5. The number of rotatable bonds is 5. The number of fused-ring (bicyclic) bond motifs is 3. The van der Waals surface area contributed by atoms with E-state index >= 15 is 0 Å². The monoisotopic (exact) mass is 407 g/mol. The Morgan fingerprint density at radius 1 is 1.28 bits per heavy atom. The third-order valence-corrected chi connectivity index (χ3v) is 5.23. The van der Waals surface area contributed by atoms with E-state index in [1.54, 1.807) is 24.3 Å². The van der Waals surface area contributed by atoms with Gasteiger partial charge in [-0.3, -0.25) is 4.79 Å². The Kier molecular flexibility index (Phi) is 5.01. The van der Waals surface area contributed by atoms with E-state index in [1.807, 2.05) is 6.92 Å². The fourth-order valence-corrected chi connectivity index (χ4v) is 3.94. The van der Waals surface area contributed by atoms with Gasteiger partial charge in [0.15, 0.2) is 5.65 Å². The van der Waals surface area contributed by atoms with E-state index in [-0.39, 0.29) is 6.54 Å². The van der Waals surface area contributed by atoms with Crippen LogP contribution in [-0.4, -0.2) is 49.7 Å². The third-order valence-electron chi connectivity index (χ3n) is 5.23. The Hall–Kier alpha value is -2.91. The van der Waals surface area contributed by atoms with Crippen molar-refractivity contribution in [2.75, 3.05) is 6.61 Å². The van der Waals surface area contributed by atoms with Gasteiger partial charge in [-0.05, 0) is 54.5 Å². The molecule has 0 radical (unpaired) electrons. The van der Waals surface area contributed by atoms with E-state index in [1.165, 1.54) is 4.52 Å². The van der Waals surface area contributed by atoms with Gasteiger partial charge in [-0.25, -0.2) is 0 Å². The molecule has 3 aromatic rings. The highest BCUT2D eigenvalue weighted by Crippen LogP contribution is 2.31. The summed E-state index contributed by atoms with van der Waals surface area (Å²) in [7, 11) is 0. The number of amides is 1. The standard InChI is InChI=1S/C19H20F3N5O2/c1-2-29-15-7-8-16-12(10-15)9-13(17-23-24-25-27(16)17)11-26(14-5-3-4-6-14)18(28)19(20,21)22/h7-10,14H,2-6,11H2,1H3.